The van der Waals surface area contributed by atoms with Crippen LogP contribution in [0.3, 0.4) is 0 Å². The molecule has 3 rings (SSSR count). The first kappa shape index (κ1) is 17.4. The smallest absolute Gasteiger partial charge is 0.152 e. The van der Waals surface area contributed by atoms with Gasteiger partial charge in [-0.15, -0.1) is 0 Å². The molecule has 23 heavy (non-hydrogen) atoms. The Kier molecular flexibility index (Phi) is 4.78. The molecule has 0 aromatic rings. The molecule has 5 heteroatoms. The van der Waals surface area contributed by atoms with Crippen LogP contribution in [0.15, 0.2) is 40.7 Å². The molecule has 0 unspecified atom stereocenters. The number of hydrogen-bond acceptors (Lipinski definition) is 3. The van der Waals surface area contributed by atoms with Gasteiger partial charge in [-0.1, -0.05) is 20.4 Å². The number of allylic oxidation sites excluding steroid dienone is 1. The van der Waals surface area contributed by atoms with Gasteiger partial charge in [0.05, 0.1) is 6.67 Å². The number of nitrogens with two attached hydrogens (primary N) is 1. The summed E-state index contributed by atoms with van der Waals surface area (Å²) in [4.78, 5) is 3.72. The zero-order chi connectivity index (χ0) is 17.3. The van der Waals surface area contributed by atoms with Crippen LogP contribution in [-0.2, 0) is 0 Å². The second-order valence-corrected chi connectivity index (χ2v) is 7.30. The number of nitrogens with zero attached hydrogens (tertiary/aromatic N) is 1. The van der Waals surface area contributed by atoms with E-state index < -0.39 is 0 Å². The molecule has 4 nitrogen and oxygen atoms in total. The van der Waals surface area contributed by atoms with Crippen molar-refractivity contribution in [1.29, 1.82) is 5.41 Å². The summed E-state index contributed by atoms with van der Waals surface area (Å²) in [7, 11) is 0. The number of hydrogen-bond donors (Lipinski definition) is 3. The average molecular weight is 318 g/mol. The zero-order valence-corrected chi connectivity index (χ0v) is 14.1. The number of halogens is 1. The largest absolute Gasteiger partial charge is 0.399 e. The first-order chi connectivity index (χ1) is 10.8. The van der Waals surface area contributed by atoms with Crippen LogP contribution in [0.25, 0.3) is 0 Å². The molecule has 3 aliphatic carbocycles. The summed E-state index contributed by atoms with van der Waals surface area (Å²) in [6.45, 7) is 11.0. The topological polar surface area (TPSA) is 74.3 Å². The van der Waals surface area contributed by atoms with Crippen LogP contribution in [-0.4, -0.2) is 24.8 Å². The van der Waals surface area contributed by atoms with Gasteiger partial charge in [-0.2, -0.15) is 0 Å². The Morgan fingerprint density at radius 2 is 2.09 bits per heavy atom. The average Bonchev–Trinajstić information content (AvgIpc) is 3.01. The highest BCUT2D eigenvalue weighted by atomic mass is 19.1. The van der Waals surface area contributed by atoms with E-state index in [2.05, 4.69) is 23.6 Å². The van der Waals surface area contributed by atoms with Crippen molar-refractivity contribution in [2.75, 3.05) is 6.67 Å². The molecule has 0 heterocycles. The van der Waals surface area contributed by atoms with Crippen molar-refractivity contribution in [1.82, 2.24) is 5.32 Å². The summed E-state index contributed by atoms with van der Waals surface area (Å²) < 4.78 is 13.1. The third-order valence-corrected chi connectivity index (χ3v) is 5.11. The fourth-order valence-corrected chi connectivity index (χ4v) is 3.88. The van der Waals surface area contributed by atoms with Gasteiger partial charge in [0.2, 0.25) is 0 Å². The SMILES string of the molecule is C=NC(=N)C(=C\NC12CCC(CF)(C1)C2)/C=C(/C(=C)N)C(C)C. The van der Waals surface area contributed by atoms with Crippen molar-refractivity contribution < 1.29 is 4.39 Å². The van der Waals surface area contributed by atoms with Crippen molar-refractivity contribution in [3.8, 4) is 0 Å². The first-order valence-corrected chi connectivity index (χ1v) is 8.02. The Morgan fingerprint density at radius 1 is 1.43 bits per heavy atom. The van der Waals surface area contributed by atoms with E-state index in [1.165, 1.54) is 0 Å². The van der Waals surface area contributed by atoms with E-state index in [9.17, 15) is 4.39 Å². The number of alkyl halides is 1. The Balaban J connectivity index is 2.20. The molecule has 0 aromatic carbocycles. The number of nitrogens with one attached hydrogen (secondary N) is 2. The van der Waals surface area contributed by atoms with E-state index in [-0.39, 0.29) is 29.4 Å². The predicted octanol–water partition coefficient (Wildman–Crippen LogP) is 3.47. The van der Waals surface area contributed by atoms with Gasteiger partial charge < -0.3 is 11.1 Å². The van der Waals surface area contributed by atoms with Gasteiger partial charge in [0.1, 0.15) is 0 Å². The maximum atomic E-state index is 13.1. The molecule has 0 amide bonds. The van der Waals surface area contributed by atoms with Crippen LogP contribution in [0.4, 0.5) is 4.39 Å². The standard InChI is InChI=1S/C18H27FN4/c1-12(2)15(13(3)20)7-14(16(21)22-4)8-23-18-6-5-17(9-18,10-18)11-19/h7-8,12,21,23H,3-6,9-11,20H2,1-2H3/b14-8-,15-7+,21-16?. The van der Waals surface area contributed by atoms with E-state index in [0.29, 0.717) is 11.3 Å². The van der Waals surface area contributed by atoms with Crippen molar-refractivity contribution in [2.24, 2.45) is 22.1 Å². The lowest BCUT2D eigenvalue weighted by Crippen LogP contribution is -2.52. The molecule has 4 N–H and O–H groups in total. The highest BCUT2D eigenvalue weighted by Crippen LogP contribution is 2.61. The summed E-state index contributed by atoms with van der Waals surface area (Å²) in [5.41, 5.74) is 7.71. The molecule has 2 bridgehead atoms. The predicted molar refractivity (Wildman–Crippen MR) is 94.3 cm³/mol. The van der Waals surface area contributed by atoms with Gasteiger partial charge in [-0.25, -0.2) is 4.99 Å². The minimum absolute atomic E-state index is 0.0235. The summed E-state index contributed by atoms with van der Waals surface area (Å²) in [5, 5.41) is 11.4. The van der Waals surface area contributed by atoms with Gasteiger partial charge in [-0.3, -0.25) is 9.80 Å². The van der Waals surface area contributed by atoms with E-state index >= 15 is 0 Å². The number of rotatable bonds is 7. The lowest BCUT2D eigenvalue weighted by molar-refractivity contribution is 0.0657. The van der Waals surface area contributed by atoms with Gasteiger partial charge in [0.25, 0.3) is 0 Å². The quantitative estimate of drug-likeness (QED) is 0.382. The third kappa shape index (κ3) is 3.38. The maximum absolute atomic E-state index is 13.1. The van der Waals surface area contributed by atoms with E-state index in [1.807, 2.05) is 19.9 Å². The third-order valence-electron chi connectivity index (χ3n) is 5.11. The fourth-order valence-electron chi connectivity index (χ4n) is 3.88. The molecule has 0 radical (unpaired) electrons. The molecule has 0 spiro atoms. The summed E-state index contributed by atoms with van der Waals surface area (Å²) in [5.74, 6) is 0.281. The molecule has 3 saturated carbocycles. The number of aliphatic imine (C=N–C) groups is 1. The summed E-state index contributed by atoms with van der Waals surface area (Å²) in [6, 6.07) is 0. The van der Waals surface area contributed by atoms with Gasteiger partial charge >= 0.3 is 0 Å². The summed E-state index contributed by atoms with van der Waals surface area (Å²) in [6.07, 6.45) is 7.27. The molecule has 0 saturated heterocycles. The minimum atomic E-state index is -0.235. The van der Waals surface area contributed by atoms with Crippen LogP contribution < -0.4 is 11.1 Å². The van der Waals surface area contributed by atoms with Crippen molar-refractivity contribution in [3.63, 3.8) is 0 Å². The zero-order valence-electron chi connectivity index (χ0n) is 14.1. The van der Waals surface area contributed by atoms with Crippen LogP contribution >= 0.6 is 0 Å². The number of amidine groups is 1. The Morgan fingerprint density at radius 3 is 2.52 bits per heavy atom. The Labute approximate surface area is 137 Å². The van der Waals surface area contributed by atoms with Gasteiger partial charge in [0.15, 0.2) is 5.84 Å². The van der Waals surface area contributed by atoms with E-state index in [0.717, 1.165) is 31.3 Å². The fraction of sp³-hybridized carbons (Fsp3) is 0.556. The lowest BCUT2D eigenvalue weighted by atomic mass is 9.66. The van der Waals surface area contributed by atoms with Crippen LogP contribution in [0, 0.1) is 16.7 Å². The number of fused-ring (bicyclic) bond motifs is 1. The normalized spacial score (nSPS) is 30.1. The van der Waals surface area contributed by atoms with Crippen LogP contribution in [0.5, 0.6) is 0 Å². The maximum Gasteiger partial charge on any atom is 0.152 e. The monoisotopic (exact) mass is 318 g/mol. The second kappa shape index (κ2) is 6.30. The second-order valence-electron chi connectivity index (χ2n) is 7.30. The molecule has 0 aliphatic heterocycles. The Hall–Kier alpha value is -1.91. The van der Waals surface area contributed by atoms with Crippen molar-refractivity contribution in [3.05, 3.63) is 35.7 Å². The van der Waals surface area contributed by atoms with Crippen LogP contribution in [0.1, 0.15) is 39.5 Å². The summed E-state index contributed by atoms with van der Waals surface area (Å²) >= 11 is 0. The molecule has 0 atom stereocenters. The van der Waals surface area contributed by atoms with E-state index in [4.69, 9.17) is 11.1 Å². The lowest BCUT2D eigenvalue weighted by Gasteiger charge is -2.46. The van der Waals surface area contributed by atoms with Gasteiger partial charge in [-0.05, 0) is 50.0 Å². The molecular formula is C18H27FN4. The molecular weight excluding hydrogens is 291 g/mol. The molecule has 3 aliphatic rings. The molecule has 0 aromatic heterocycles. The van der Waals surface area contributed by atoms with E-state index in [1.54, 1.807) is 6.20 Å². The van der Waals surface area contributed by atoms with Gasteiger partial charge in [0, 0.05) is 28.4 Å². The Bertz CT molecular complexity index is 580. The minimum Gasteiger partial charge on any atom is -0.399 e. The highest BCUT2D eigenvalue weighted by Gasteiger charge is 2.60. The van der Waals surface area contributed by atoms with Crippen molar-refractivity contribution >= 4 is 12.6 Å². The van der Waals surface area contributed by atoms with Crippen LogP contribution in [0.2, 0.25) is 0 Å². The highest BCUT2D eigenvalue weighted by molar-refractivity contribution is 6.01. The molecule has 3 fully saturated rings. The molecule has 126 valence electrons. The van der Waals surface area contributed by atoms with Crippen molar-refractivity contribution in [2.45, 2.75) is 45.1 Å². The first-order valence-electron chi connectivity index (χ1n) is 8.02.